The van der Waals surface area contributed by atoms with Gasteiger partial charge in [0.1, 0.15) is 0 Å². The van der Waals surface area contributed by atoms with Crippen LogP contribution in [-0.4, -0.2) is 28.3 Å². The predicted molar refractivity (Wildman–Crippen MR) is 61.8 cm³/mol. The number of pyridine rings is 1. The summed E-state index contributed by atoms with van der Waals surface area (Å²) in [5.74, 6) is 0. The number of aromatic nitrogens is 3. The predicted octanol–water partition coefficient (Wildman–Crippen LogP) is 2.39. The van der Waals surface area contributed by atoms with E-state index in [9.17, 15) is 0 Å². The van der Waals surface area contributed by atoms with Gasteiger partial charge in [-0.3, -0.25) is 4.57 Å². The van der Waals surface area contributed by atoms with Crippen molar-refractivity contribution < 1.29 is 4.74 Å². The van der Waals surface area contributed by atoms with Gasteiger partial charge in [-0.05, 0) is 18.3 Å². The third kappa shape index (κ3) is 2.04. The Hall–Kier alpha value is -0.910. The van der Waals surface area contributed by atoms with Crippen LogP contribution in [-0.2, 0) is 11.3 Å². The minimum atomic E-state index is 0.595. The Kier molecular flexibility index (Phi) is 3.04. The van der Waals surface area contributed by atoms with Gasteiger partial charge in [0.25, 0.3) is 0 Å². The summed E-state index contributed by atoms with van der Waals surface area (Å²) >= 11 is 11.0. The summed E-state index contributed by atoms with van der Waals surface area (Å²) in [6, 6.07) is 1.81. The molecule has 2 aromatic rings. The third-order valence-corrected chi connectivity index (χ3v) is 2.62. The molecule has 15 heavy (non-hydrogen) atoms. The second-order valence-corrected chi connectivity index (χ2v) is 3.92. The molecule has 6 heteroatoms. The molecule has 0 unspecified atom stereocenters. The Morgan fingerprint density at radius 2 is 2.47 bits per heavy atom. The number of halogens is 1. The van der Waals surface area contributed by atoms with Crippen molar-refractivity contribution in [1.82, 2.24) is 14.5 Å². The zero-order chi connectivity index (χ0) is 10.8. The van der Waals surface area contributed by atoms with E-state index in [-0.39, 0.29) is 0 Å². The molecule has 0 fully saturated rings. The quantitative estimate of drug-likeness (QED) is 0.842. The molecule has 2 rings (SSSR count). The first-order valence-electron chi connectivity index (χ1n) is 4.45. The van der Waals surface area contributed by atoms with Crippen LogP contribution in [0.5, 0.6) is 0 Å². The smallest absolute Gasteiger partial charge is 0.179 e. The lowest BCUT2D eigenvalue weighted by Gasteiger charge is -2.01. The second-order valence-electron chi connectivity index (χ2n) is 3.10. The van der Waals surface area contributed by atoms with Crippen molar-refractivity contribution in [3.05, 3.63) is 22.1 Å². The fourth-order valence-corrected chi connectivity index (χ4v) is 1.85. The number of imidazole rings is 1. The minimum Gasteiger partial charge on any atom is -0.383 e. The molecular weight excluding hydrogens is 234 g/mol. The van der Waals surface area contributed by atoms with Gasteiger partial charge >= 0.3 is 0 Å². The SMILES string of the molecule is COCCn1c(=S)[nH]c2cc(Cl)cnc21. The number of hydrogen-bond donors (Lipinski definition) is 1. The summed E-state index contributed by atoms with van der Waals surface area (Å²) in [5, 5.41) is 0.595. The van der Waals surface area contributed by atoms with Crippen LogP contribution >= 0.6 is 23.8 Å². The largest absolute Gasteiger partial charge is 0.383 e. The molecule has 0 aliphatic heterocycles. The minimum absolute atomic E-state index is 0.595. The lowest BCUT2D eigenvalue weighted by molar-refractivity contribution is 0.188. The van der Waals surface area contributed by atoms with Crippen molar-refractivity contribution in [1.29, 1.82) is 0 Å². The summed E-state index contributed by atoms with van der Waals surface area (Å²) in [6.45, 7) is 1.29. The van der Waals surface area contributed by atoms with Crippen LogP contribution in [0, 0.1) is 4.77 Å². The van der Waals surface area contributed by atoms with Gasteiger partial charge in [0.2, 0.25) is 0 Å². The van der Waals surface area contributed by atoms with Crippen LogP contribution in [0.25, 0.3) is 11.2 Å². The van der Waals surface area contributed by atoms with E-state index in [1.54, 1.807) is 13.3 Å². The highest BCUT2D eigenvalue weighted by Gasteiger charge is 2.05. The Labute approximate surface area is 96.8 Å². The van der Waals surface area contributed by atoms with Crippen molar-refractivity contribution in [3.63, 3.8) is 0 Å². The van der Waals surface area contributed by atoms with Gasteiger partial charge in [-0.2, -0.15) is 0 Å². The molecule has 0 aromatic carbocycles. The molecule has 0 amide bonds. The highest BCUT2D eigenvalue weighted by molar-refractivity contribution is 7.71. The fraction of sp³-hybridized carbons (Fsp3) is 0.333. The van der Waals surface area contributed by atoms with E-state index in [0.717, 1.165) is 11.2 Å². The van der Waals surface area contributed by atoms with Gasteiger partial charge in [-0.25, -0.2) is 4.98 Å². The standard InChI is InChI=1S/C9H10ClN3OS/c1-14-3-2-13-8-7(12-9(13)15)4-6(10)5-11-8/h4-5H,2-3H2,1H3,(H,12,15). The van der Waals surface area contributed by atoms with E-state index in [0.29, 0.717) is 22.9 Å². The van der Waals surface area contributed by atoms with E-state index in [1.807, 2.05) is 10.6 Å². The van der Waals surface area contributed by atoms with E-state index in [4.69, 9.17) is 28.6 Å². The molecule has 80 valence electrons. The Morgan fingerprint density at radius 3 is 3.20 bits per heavy atom. The van der Waals surface area contributed by atoms with Crippen molar-refractivity contribution >= 4 is 35.0 Å². The number of fused-ring (bicyclic) bond motifs is 1. The van der Waals surface area contributed by atoms with Gasteiger partial charge in [-0.1, -0.05) is 11.6 Å². The summed E-state index contributed by atoms with van der Waals surface area (Å²) in [4.78, 5) is 7.28. The van der Waals surface area contributed by atoms with Crippen LogP contribution in [0.3, 0.4) is 0 Å². The van der Waals surface area contributed by atoms with Crippen molar-refractivity contribution in [3.8, 4) is 0 Å². The van der Waals surface area contributed by atoms with E-state index >= 15 is 0 Å². The van der Waals surface area contributed by atoms with Crippen LogP contribution in [0.15, 0.2) is 12.3 Å². The number of nitrogens with zero attached hydrogens (tertiary/aromatic N) is 2. The van der Waals surface area contributed by atoms with Gasteiger partial charge in [0, 0.05) is 13.3 Å². The summed E-state index contributed by atoms with van der Waals surface area (Å²) in [5.41, 5.74) is 1.66. The summed E-state index contributed by atoms with van der Waals surface area (Å²) in [7, 11) is 1.66. The monoisotopic (exact) mass is 243 g/mol. The molecule has 0 aliphatic carbocycles. The maximum absolute atomic E-state index is 5.83. The lowest BCUT2D eigenvalue weighted by atomic mass is 10.4. The first-order valence-corrected chi connectivity index (χ1v) is 5.24. The maximum Gasteiger partial charge on any atom is 0.179 e. The Balaban J connectivity index is 2.53. The van der Waals surface area contributed by atoms with E-state index in [1.165, 1.54) is 0 Å². The van der Waals surface area contributed by atoms with E-state index in [2.05, 4.69) is 9.97 Å². The van der Waals surface area contributed by atoms with Crippen molar-refractivity contribution in [2.24, 2.45) is 0 Å². The van der Waals surface area contributed by atoms with E-state index < -0.39 is 0 Å². The molecule has 2 aromatic heterocycles. The third-order valence-electron chi connectivity index (χ3n) is 2.09. The first kappa shape index (κ1) is 10.6. The highest BCUT2D eigenvalue weighted by atomic mass is 35.5. The Bertz CT molecular complexity index is 534. The molecule has 0 bridgehead atoms. The molecular formula is C9H10ClN3OS. The number of H-pyrrole nitrogens is 1. The van der Waals surface area contributed by atoms with Gasteiger partial charge < -0.3 is 9.72 Å². The zero-order valence-corrected chi connectivity index (χ0v) is 9.73. The number of methoxy groups -OCH3 is 1. The second kappa shape index (κ2) is 4.30. The molecule has 0 radical (unpaired) electrons. The number of ether oxygens (including phenoxy) is 1. The number of aromatic amines is 1. The summed E-state index contributed by atoms with van der Waals surface area (Å²) in [6.07, 6.45) is 1.61. The number of nitrogens with one attached hydrogen (secondary N) is 1. The normalized spacial score (nSPS) is 11.1. The zero-order valence-electron chi connectivity index (χ0n) is 8.16. The lowest BCUT2D eigenvalue weighted by Crippen LogP contribution is -2.04. The first-order chi connectivity index (χ1) is 7.22. The highest BCUT2D eigenvalue weighted by Crippen LogP contribution is 2.16. The molecule has 0 saturated carbocycles. The average molecular weight is 244 g/mol. The fourth-order valence-electron chi connectivity index (χ4n) is 1.41. The summed E-state index contributed by atoms with van der Waals surface area (Å²) < 4.78 is 7.54. The molecule has 0 saturated heterocycles. The molecule has 0 atom stereocenters. The topological polar surface area (TPSA) is 42.8 Å². The average Bonchev–Trinajstić information content (AvgIpc) is 2.50. The van der Waals surface area contributed by atoms with Crippen LogP contribution < -0.4 is 0 Å². The molecule has 0 aliphatic rings. The molecule has 2 heterocycles. The van der Waals surface area contributed by atoms with Crippen LogP contribution in [0.2, 0.25) is 5.02 Å². The molecule has 0 spiro atoms. The number of hydrogen-bond acceptors (Lipinski definition) is 3. The van der Waals surface area contributed by atoms with Gasteiger partial charge in [0.15, 0.2) is 10.4 Å². The van der Waals surface area contributed by atoms with Gasteiger partial charge in [-0.15, -0.1) is 0 Å². The number of rotatable bonds is 3. The molecule has 4 nitrogen and oxygen atoms in total. The van der Waals surface area contributed by atoms with Gasteiger partial charge in [0.05, 0.1) is 23.7 Å². The maximum atomic E-state index is 5.83. The van der Waals surface area contributed by atoms with Crippen molar-refractivity contribution in [2.75, 3.05) is 13.7 Å². The van der Waals surface area contributed by atoms with Crippen LogP contribution in [0.1, 0.15) is 0 Å². The van der Waals surface area contributed by atoms with Crippen LogP contribution in [0.4, 0.5) is 0 Å². The van der Waals surface area contributed by atoms with Crippen molar-refractivity contribution in [2.45, 2.75) is 6.54 Å². The Morgan fingerprint density at radius 1 is 1.67 bits per heavy atom. The molecule has 1 N–H and O–H groups in total.